The number of halogens is 1. The molecule has 102 valence electrons. The first-order valence-corrected chi connectivity index (χ1v) is 7.66. The van der Waals surface area contributed by atoms with E-state index in [0.29, 0.717) is 6.54 Å². The molecule has 0 aliphatic carbocycles. The van der Waals surface area contributed by atoms with Crippen molar-refractivity contribution in [3.8, 4) is 0 Å². The van der Waals surface area contributed by atoms with E-state index in [1.165, 1.54) is 16.7 Å². The van der Waals surface area contributed by atoms with Crippen LogP contribution in [0.4, 0.5) is 4.79 Å². The first-order chi connectivity index (χ1) is 9.06. The summed E-state index contributed by atoms with van der Waals surface area (Å²) in [5.41, 5.74) is 0. The molecule has 1 aromatic rings. The molecule has 0 saturated carbocycles. The standard InChI is InChI=1S/C13H14BrNO3S/c14-9-3-1-4-10(7-9)19-12-5-2-6-15(13(17)18)8-11(12)16/h1,3-4,7,12H,2,5-6,8H2,(H,17,18). The average molecular weight is 344 g/mol. The van der Waals surface area contributed by atoms with E-state index in [1.54, 1.807) is 0 Å². The zero-order chi connectivity index (χ0) is 13.8. The predicted molar refractivity (Wildman–Crippen MR) is 77.6 cm³/mol. The third-order valence-electron chi connectivity index (χ3n) is 2.95. The normalized spacial score (nSPS) is 20.2. The smallest absolute Gasteiger partial charge is 0.407 e. The molecular formula is C13H14BrNO3S. The molecule has 2 rings (SSSR count). The topological polar surface area (TPSA) is 57.6 Å². The lowest BCUT2D eigenvalue weighted by Gasteiger charge is -2.15. The highest BCUT2D eigenvalue weighted by Gasteiger charge is 2.27. The molecule has 6 heteroatoms. The molecule has 1 aliphatic heterocycles. The lowest BCUT2D eigenvalue weighted by Crippen LogP contribution is -2.35. The lowest BCUT2D eigenvalue weighted by molar-refractivity contribution is -0.118. The van der Waals surface area contributed by atoms with Gasteiger partial charge < -0.3 is 10.0 Å². The van der Waals surface area contributed by atoms with Crippen LogP contribution in [0.25, 0.3) is 0 Å². The van der Waals surface area contributed by atoms with E-state index in [9.17, 15) is 9.59 Å². The number of thioether (sulfide) groups is 1. The van der Waals surface area contributed by atoms with E-state index in [0.717, 1.165) is 22.2 Å². The van der Waals surface area contributed by atoms with Crippen LogP contribution in [0.2, 0.25) is 0 Å². The van der Waals surface area contributed by atoms with Gasteiger partial charge in [0.05, 0.1) is 11.8 Å². The summed E-state index contributed by atoms with van der Waals surface area (Å²) in [5, 5.41) is 8.80. The Labute approximate surface area is 124 Å². The molecule has 1 aromatic carbocycles. The Bertz CT molecular complexity index is 495. The molecule has 4 nitrogen and oxygen atoms in total. The summed E-state index contributed by atoms with van der Waals surface area (Å²) in [6.45, 7) is 0.442. The van der Waals surface area contributed by atoms with Gasteiger partial charge in [0.2, 0.25) is 0 Å². The second kappa shape index (κ2) is 6.43. The fourth-order valence-electron chi connectivity index (χ4n) is 1.99. The molecular weight excluding hydrogens is 330 g/mol. The van der Waals surface area contributed by atoms with Gasteiger partial charge in [-0.2, -0.15) is 0 Å². The highest BCUT2D eigenvalue weighted by Crippen LogP contribution is 2.30. The number of Topliss-reactive ketones (excluding diaryl/α,β-unsaturated/α-hetero) is 1. The second-order valence-electron chi connectivity index (χ2n) is 4.38. The number of amides is 1. The van der Waals surface area contributed by atoms with Crippen LogP contribution in [0.5, 0.6) is 0 Å². The monoisotopic (exact) mass is 343 g/mol. The average Bonchev–Trinajstić information content (AvgIpc) is 2.52. The van der Waals surface area contributed by atoms with Crippen LogP contribution in [0, 0.1) is 0 Å². The van der Waals surface area contributed by atoms with Gasteiger partial charge in [-0.05, 0) is 31.0 Å². The quantitative estimate of drug-likeness (QED) is 0.895. The number of hydrogen-bond donors (Lipinski definition) is 1. The van der Waals surface area contributed by atoms with Crippen LogP contribution in [-0.4, -0.2) is 40.2 Å². The number of hydrogen-bond acceptors (Lipinski definition) is 3. The van der Waals surface area contributed by atoms with Crippen LogP contribution in [-0.2, 0) is 4.79 Å². The van der Waals surface area contributed by atoms with E-state index >= 15 is 0 Å². The van der Waals surface area contributed by atoms with E-state index in [2.05, 4.69) is 15.9 Å². The molecule has 0 aromatic heterocycles. The summed E-state index contributed by atoms with van der Waals surface area (Å²) >= 11 is 4.92. The van der Waals surface area contributed by atoms with Crippen molar-refractivity contribution >= 4 is 39.6 Å². The third-order valence-corrected chi connectivity index (χ3v) is 4.75. The molecule has 0 spiro atoms. The first-order valence-electron chi connectivity index (χ1n) is 5.99. The van der Waals surface area contributed by atoms with Crippen molar-refractivity contribution in [2.24, 2.45) is 0 Å². The summed E-state index contributed by atoms with van der Waals surface area (Å²) < 4.78 is 0.978. The Balaban J connectivity index is 2.04. The van der Waals surface area contributed by atoms with Crippen LogP contribution in [0.15, 0.2) is 33.6 Å². The van der Waals surface area contributed by atoms with Crippen molar-refractivity contribution in [3.05, 3.63) is 28.7 Å². The highest BCUT2D eigenvalue weighted by atomic mass is 79.9. The molecule has 0 bridgehead atoms. The van der Waals surface area contributed by atoms with Gasteiger partial charge in [-0.25, -0.2) is 4.79 Å². The van der Waals surface area contributed by atoms with Gasteiger partial charge in [-0.1, -0.05) is 22.0 Å². The van der Waals surface area contributed by atoms with Gasteiger partial charge in [0.1, 0.15) is 0 Å². The van der Waals surface area contributed by atoms with E-state index in [1.807, 2.05) is 24.3 Å². The Kier molecular flexibility index (Phi) is 4.87. The van der Waals surface area contributed by atoms with Crippen molar-refractivity contribution in [1.82, 2.24) is 4.90 Å². The molecule has 1 amide bonds. The molecule has 1 atom stereocenters. The van der Waals surface area contributed by atoms with Crippen molar-refractivity contribution in [2.45, 2.75) is 23.0 Å². The number of rotatable bonds is 2. The number of ketones is 1. The third kappa shape index (κ3) is 3.98. The fraction of sp³-hybridized carbons (Fsp3) is 0.385. The Morgan fingerprint density at radius 3 is 2.95 bits per heavy atom. The summed E-state index contributed by atoms with van der Waals surface area (Å²) in [5.74, 6) is -0.00937. The van der Waals surface area contributed by atoms with Gasteiger partial charge in [-0.15, -0.1) is 11.8 Å². The summed E-state index contributed by atoms with van der Waals surface area (Å²) in [6, 6.07) is 7.79. The first kappa shape index (κ1) is 14.4. The van der Waals surface area contributed by atoms with Gasteiger partial charge in [0.25, 0.3) is 0 Å². The maximum absolute atomic E-state index is 12.1. The Hall–Kier alpha value is -1.01. The van der Waals surface area contributed by atoms with Crippen LogP contribution in [0.3, 0.4) is 0 Å². The van der Waals surface area contributed by atoms with Gasteiger partial charge in [0, 0.05) is 15.9 Å². The van der Waals surface area contributed by atoms with E-state index in [-0.39, 0.29) is 17.6 Å². The number of likely N-dealkylation sites (tertiary alicyclic amines) is 1. The molecule has 19 heavy (non-hydrogen) atoms. The van der Waals surface area contributed by atoms with Crippen LogP contribution < -0.4 is 0 Å². The number of carbonyl (C=O) groups excluding carboxylic acids is 1. The van der Waals surface area contributed by atoms with Gasteiger partial charge in [-0.3, -0.25) is 4.79 Å². The molecule has 1 saturated heterocycles. The zero-order valence-electron chi connectivity index (χ0n) is 10.2. The number of carbonyl (C=O) groups is 2. The summed E-state index contributed by atoms with van der Waals surface area (Å²) in [6.07, 6.45) is 0.435. The van der Waals surface area contributed by atoms with E-state index in [4.69, 9.17) is 5.11 Å². The molecule has 1 unspecified atom stereocenters. The van der Waals surface area contributed by atoms with Crippen molar-refractivity contribution in [1.29, 1.82) is 0 Å². The Morgan fingerprint density at radius 1 is 1.47 bits per heavy atom. The zero-order valence-corrected chi connectivity index (χ0v) is 12.6. The SMILES string of the molecule is O=C1CN(C(=O)O)CCCC1Sc1cccc(Br)c1. The maximum Gasteiger partial charge on any atom is 0.407 e. The largest absolute Gasteiger partial charge is 0.465 e. The predicted octanol–water partition coefficient (Wildman–Crippen LogP) is 3.25. The molecule has 0 radical (unpaired) electrons. The lowest BCUT2D eigenvalue weighted by atomic mass is 10.2. The number of carboxylic acid groups (broad SMARTS) is 1. The van der Waals surface area contributed by atoms with E-state index < -0.39 is 6.09 Å². The number of benzene rings is 1. The molecule has 1 aliphatic rings. The van der Waals surface area contributed by atoms with Gasteiger partial charge >= 0.3 is 6.09 Å². The minimum absolute atomic E-state index is 0.000995. The fourth-order valence-corrected chi connectivity index (χ4v) is 3.71. The van der Waals surface area contributed by atoms with Gasteiger partial charge in [0.15, 0.2) is 5.78 Å². The Morgan fingerprint density at radius 2 is 2.26 bits per heavy atom. The van der Waals surface area contributed by atoms with Crippen molar-refractivity contribution < 1.29 is 14.7 Å². The molecule has 1 heterocycles. The van der Waals surface area contributed by atoms with Crippen LogP contribution in [0.1, 0.15) is 12.8 Å². The minimum Gasteiger partial charge on any atom is -0.465 e. The van der Waals surface area contributed by atoms with Crippen LogP contribution >= 0.6 is 27.7 Å². The van der Waals surface area contributed by atoms with Crippen molar-refractivity contribution in [2.75, 3.05) is 13.1 Å². The second-order valence-corrected chi connectivity index (χ2v) is 6.57. The molecule has 1 fully saturated rings. The summed E-state index contributed by atoms with van der Waals surface area (Å²) in [4.78, 5) is 25.2. The maximum atomic E-state index is 12.1. The number of nitrogens with zero attached hydrogens (tertiary/aromatic N) is 1. The van der Waals surface area contributed by atoms with Crippen molar-refractivity contribution in [3.63, 3.8) is 0 Å². The highest BCUT2D eigenvalue weighted by molar-refractivity contribution is 9.10. The molecule has 1 N–H and O–H groups in total. The summed E-state index contributed by atoms with van der Waals surface area (Å²) in [7, 11) is 0. The minimum atomic E-state index is -1.01.